The van der Waals surface area contributed by atoms with Crippen LogP contribution in [-0.2, 0) is 0 Å². The molecule has 0 unspecified atom stereocenters. The molecule has 15 rings (SSSR count). The molecule has 0 aromatic heterocycles. The predicted molar refractivity (Wildman–Crippen MR) is 357 cm³/mol. The van der Waals surface area contributed by atoms with Crippen LogP contribution in [0.25, 0.3) is 66.1 Å². The Hall–Kier alpha value is -8.46. The van der Waals surface area contributed by atoms with Gasteiger partial charge in [-0.15, -0.1) is 0 Å². The predicted octanol–water partition coefficient (Wildman–Crippen LogP) is 24.2. The average Bonchev–Trinajstić information content (AvgIpc) is 1.90. The van der Waals surface area contributed by atoms with Crippen molar-refractivity contribution < 1.29 is 0 Å². The third-order valence-corrected chi connectivity index (χ3v) is 20.1. The van der Waals surface area contributed by atoms with E-state index >= 15 is 0 Å². The Kier molecular flexibility index (Phi) is 14.5. The van der Waals surface area contributed by atoms with Crippen LogP contribution in [0.4, 0.5) is 34.1 Å². The van der Waals surface area contributed by atoms with Gasteiger partial charge < -0.3 is 9.80 Å². The van der Waals surface area contributed by atoms with Crippen LogP contribution in [0.3, 0.4) is 0 Å². The number of benzene rings is 11. The molecule has 4 fully saturated rings. The highest BCUT2D eigenvalue weighted by Crippen LogP contribution is 2.50. The first-order valence-corrected chi connectivity index (χ1v) is 32.0. The lowest BCUT2D eigenvalue weighted by Crippen LogP contribution is -2.11. The molecule has 0 spiro atoms. The zero-order chi connectivity index (χ0) is 55.8. The highest BCUT2D eigenvalue weighted by molar-refractivity contribution is 6.23. The van der Waals surface area contributed by atoms with Gasteiger partial charge in [0.05, 0.1) is 0 Å². The van der Waals surface area contributed by atoms with Crippen molar-refractivity contribution in [1.29, 1.82) is 0 Å². The molecule has 0 bridgehead atoms. The van der Waals surface area contributed by atoms with Gasteiger partial charge in [-0.1, -0.05) is 221 Å². The van der Waals surface area contributed by atoms with E-state index in [1.165, 1.54) is 214 Å². The zero-order valence-corrected chi connectivity index (χ0v) is 48.6. The van der Waals surface area contributed by atoms with Crippen molar-refractivity contribution in [3.8, 4) is 44.5 Å². The molecule has 0 radical (unpaired) electrons. The quantitative estimate of drug-likeness (QED) is 0.100. The number of hydrogen-bond acceptors (Lipinski definition) is 2. The van der Waals surface area contributed by atoms with Gasteiger partial charge in [0.1, 0.15) is 0 Å². The Morgan fingerprint density at radius 3 is 0.714 bits per heavy atom. The molecule has 0 amide bonds. The number of hydrogen-bond donors (Lipinski definition) is 0. The summed E-state index contributed by atoms with van der Waals surface area (Å²) < 4.78 is 0. The zero-order valence-electron chi connectivity index (χ0n) is 48.6. The highest BCUT2D eigenvalue weighted by atomic mass is 15.1. The van der Waals surface area contributed by atoms with Gasteiger partial charge in [0, 0.05) is 34.1 Å². The van der Waals surface area contributed by atoms with Crippen LogP contribution in [-0.4, -0.2) is 0 Å². The second-order valence-electron chi connectivity index (χ2n) is 25.1. The molecule has 84 heavy (non-hydrogen) atoms. The van der Waals surface area contributed by atoms with Crippen molar-refractivity contribution in [2.24, 2.45) is 0 Å². The summed E-state index contributed by atoms with van der Waals surface area (Å²) in [6, 6.07) is 93.7. The van der Waals surface area contributed by atoms with E-state index in [0.29, 0.717) is 23.7 Å². The Labute approximate surface area is 498 Å². The van der Waals surface area contributed by atoms with Gasteiger partial charge in [-0.25, -0.2) is 0 Å². The molecule has 4 aliphatic carbocycles. The van der Waals surface area contributed by atoms with Gasteiger partial charge in [-0.3, -0.25) is 0 Å². The van der Waals surface area contributed by atoms with E-state index in [1.54, 1.807) is 0 Å². The maximum Gasteiger partial charge on any atom is 0.0468 e. The minimum Gasteiger partial charge on any atom is -0.310 e. The van der Waals surface area contributed by atoms with Crippen molar-refractivity contribution >= 4 is 55.7 Å². The number of anilines is 6. The summed E-state index contributed by atoms with van der Waals surface area (Å²) in [6.07, 6.45) is 20.9. The molecule has 11 aromatic rings. The van der Waals surface area contributed by atoms with Crippen LogP contribution in [0, 0.1) is 0 Å². The van der Waals surface area contributed by atoms with Crippen molar-refractivity contribution in [2.45, 2.75) is 126 Å². The topological polar surface area (TPSA) is 6.48 Å². The summed E-state index contributed by atoms with van der Waals surface area (Å²) in [7, 11) is 0. The summed E-state index contributed by atoms with van der Waals surface area (Å²) in [4.78, 5) is 5.04. The Bertz CT molecular complexity index is 3640. The number of nitrogens with zero attached hydrogens (tertiary/aromatic N) is 2. The molecule has 2 heteroatoms. The summed E-state index contributed by atoms with van der Waals surface area (Å²) >= 11 is 0. The molecule has 0 atom stereocenters. The summed E-state index contributed by atoms with van der Waals surface area (Å²) in [6.45, 7) is 0. The second-order valence-corrected chi connectivity index (χ2v) is 25.1. The fourth-order valence-corrected chi connectivity index (χ4v) is 15.5. The van der Waals surface area contributed by atoms with Crippen LogP contribution < -0.4 is 9.80 Å². The highest BCUT2D eigenvalue weighted by Gasteiger charge is 2.26. The smallest absolute Gasteiger partial charge is 0.0468 e. The minimum atomic E-state index is 0.653. The summed E-state index contributed by atoms with van der Waals surface area (Å²) in [5.74, 6) is 2.61. The largest absolute Gasteiger partial charge is 0.310 e. The average molecular weight is 1090 g/mol. The van der Waals surface area contributed by atoms with E-state index in [2.05, 4.69) is 252 Å². The molecule has 0 N–H and O–H groups in total. The lowest BCUT2D eigenvalue weighted by Gasteiger charge is -2.29. The lowest BCUT2D eigenvalue weighted by atomic mass is 9.84. The van der Waals surface area contributed by atoms with Crippen LogP contribution in [0.15, 0.2) is 243 Å². The van der Waals surface area contributed by atoms with Gasteiger partial charge in [-0.2, -0.15) is 0 Å². The first-order chi connectivity index (χ1) is 41.6. The molecule has 414 valence electrons. The third kappa shape index (κ3) is 10.3. The van der Waals surface area contributed by atoms with E-state index in [0.717, 1.165) is 11.4 Å². The standard InChI is InChI=1S/C82H76N2/c1-3-15-57(16-4-1)63-27-31-69(32-28-63)81-77-53-51-76(84(73-47-39-67(40-48-73)61-23-11-12-24-61)74-49-41-68(42-50-74)62-25-13-14-26-62)56-80(77)82(70-33-29-64(30-34-70)58-17-5-2-6-18-58)78-54-52-75(55-79(78)81)83(71-43-35-65(36-44-71)59-19-7-8-20-59)72-45-37-66(38-46-72)60-21-9-10-22-60/h1-6,15-18,27-56,59-62H,7-14,19-26H2. The second kappa shape index (κ2) is 23.3. The van der Waals surface area contributed by atoms with Gasteiger partial charge in [-0.05, 0) is 236 Å². The number of fused-ring (bicyclic) bond motifs is 2. The van der Waals surface area contributed by atoms with E-state index in [-0.39, 0.29) is 0 Å². The Balaban J connectivity index is 0.959. The molecular formula is C82H76N2. The lowest BCUT2D eigenvalue weighted by molar-refractivity contribution is 0.723. The molecule has 2 nitrogen and oxygen atoms in total. The summed E-state index contributed by atoms with van der Waals surface area (Å²) in [5.41, 5.74) is 22.7. The maximum atomic E-state index is 2.52. The van der Waals surface area contributed by atoms with Gasteiger partial charge in [0.2, 0.25) is 0 Å². The Morgan fingerprint density at radius 2 is 0.440 bits per heavy atom. The molecular weight excluding hydrogens is 1010 g/mol. The maximum absolute atomic E-state index is 2.52. The van der Waals surface area contributed by atoms with Gasteiger partial charge >= 0.3 is 0 Å². The first kappa shape index (κ1) is 52.4. The Morgan fingerprint density at radius 1 is 0.202 bits per heavy atom. The van der Waals surface area contributed by atoms with E-state index in [4.69, 9.17) is 0 Å². The summed E-state index contributed by atoms with van der Waals surface area (Å²) in [5, 5.41) is 4.94. The SMILES string of the molecule is c1ccc(-c2ccc(-c3c4ccc(N(c5ccc(C6CCCC6)cc5)c5ccc(C6CCCC6)cc5)cc4c(-c4ccc(-c5ccccc5)cc4)c4ccc(N(c5ccc(C6CCCC6)cc5)c5ccc(C6CCCC6)cc5)cc34)cc2)cc1. The monoisotopic (exact) mass is 1090 g/mol. The van der Waals surface area contributed by atoms with Gasteiger partial charge in [0.25, 0.3) is 0 Å². The molecule has 0 aliphatic heterocycles. The fourth-order valence-electron chi connectivity index (χ4n) is 15.5. The van der Waals surface area contributed by atoms with Gasteiger partial charge in [0.15, 0.2) is 0 Å². The van der Waals surface area contributed by atoms with Crippen LogP contribution in [0.2, 0.25) is 0 Å². The molecule has 4 saturated carbocycles. The molecule has 11 aromatic carbocycles. The van der Waals surface area contributed by atoms with Crippen LogP contribution >= 0.6 is 0 Å². The van der Waals surface area contributed by atoms with E-state index in [1.807, 2.05) is 0 Å². The van der Waals surface area contributed by atoms with E-state index in [9.17, 15) is 0 Å². The van der Waals surface area contributed by atoms with Crippen LogP contribution in [0.1, 0.15) is 149 Å². The molecule has 0 heterocycles. The van der Waals surface area contributed by atoms with Crippen molar-refractivity contribution in [3.63, 3.8) is 0 Å². The normalized spacial score (nSPS) is 16.1. The minimum absolute atomic E-state index is 0.653. The molecule has 4 aliphatic rings. The van der Waals surface area contributed by atoms with Crippen molar-refractivity contribution in [1.82, 2.24) is 0 Å². The molecule has 0 saturated heterocycles. The number of rotatable bonds is 14. The van der Waals surface area contributed by atoms with Crippen molar-refractivity contribution in [2.75, 3.05) is 9.80 Å². The van der Waals surface area contributed by atoms with Crippen LogP contribution in [0.5, 0.6) is 0 Å². The third-order valence-electron chi connectivity index (χ3n) is 20.1. The van der Waals surface area contributed by atoms with Crippen molar-refractivity contribution in [3.05, 3.63) is 265 Å². The first-order valence-electron chi connectivity index (χ1n) is 32.0. The fraction of sp³-hybridized carbons (Fsp3) is 0.244. The van der Waals surface area contributed by atoms with E-state index < -0.39 is 0 Å².